The van der Waals surface area contributed by atoms with Crippen molar-refractivity contribution in [1.29, 1.82) is 0 Å². The quantitative estimate of drug-likeness (QED) is 0.475. The summed E-state index contributed by atoms with van der Waals surface area (Å²) in [5.74, 6) is -2.73. The molecule has 0 unspecified atom stereocenters. The molecule has 1 heterocycles. The highest BCUT2D eigenvalue weighted by molar-refractivity contribution is 7.99. The summed E-state index contributed by atoms with van der Waals surface area (Å²) in [5, 5.41) is 0. The van der Waals surface area contributed by atoms with E-state index in [4.69, 9.17) is 4.74 Å². The Bertz CT molecular complexity index is 771. The van der Waals surface area contributed by atoms with E-state index in [-0.39, 0.29) is 11.6 Å². The normalized spacial score (nSPS) is 15.9. The predicted molar refractivity (Wildman–Crippen MR) is 85.4 cm³/mol. The topological polar surface area (TPSA) is 38.7 Å². The molecule has 0 atom stereocenters. The lowest BCUT2D eigenvalue weighted by Gasteiger charge is -2.00. The van der Waals surface area contributed by atoms with Crippen molar-refractivity contribution >= 4 is 29.7 Å². The molecule has 116 valence electrons. The zero-order valence-electron chi connectivity index (χ0n) is 11.8. The Morgan fingerprint density at radius 2 is 1.74 bits per heavy atom. The number of esters is 1. The number of alkyl halides is 2. The largest absolute Gasteiger partial charge is 0.402 e. The Balaban J connectivity index is 1.82. The number of hydrogen-bond donors (Lipinski definition) is 0. The summed E-state index contributed by atoms with van der Waals surface area (Å²) in [6, 6.07) is 15.6. The number of nitrogens with zero attached hydrogens (tertiary/aromatic N) is 1. The van der Waals surface area contributed by atoms with Gasteiger partial charge in [0.1, 0.15) is 0 Å². The zero-order valence-corrected chi connectivity index (χ0v) is 12.6. The van der Waals surface area contributed by atoms with Crippen LogP contribution in [-0.4, -0.2) is 17.6 Å². The molecule has 0 fully saturated rings. The van der Waals surface area contributed by atoms with Gasteiger partial charge < -0.3 is 4.74 Å². The Labute approximate surface area is 135 Å². The highest BCUT2D eigenvalue weighted by Crippen LogP contribution is 2.26. The van der Waals surface area contributed by atoms with Gasteiger partial charge in [-0.1, -0.05) is 42.1 Å². The van der Waals surface area contributed by atoms with Gasteiger partial charge in [0.05, 0.1) is 0 Å². The SMILES string of the molecule is O=C1OC(c2ccccc2)=NC1=Cc1ccc(SC(F)F)cc1. The molecule has 2 aromatic carbocycles. The number of hydrogen-bond acceptors (Lipinski definition) is 4. The fraction of sp³-hybridized carbons (Fsp3) is 0.0588. The van der Waals surface area contributed by atoms with E-state index < -0.39 is 11.7 Å². The van der Waals surface area contributed by atoms with E-state index in [2.05, 4.69) is 4.99 Å². The number of carbonyl (C=O) groups excluding carboxylic acids is 1. The lowest BCUT2D eigenvalue weighted by molar-refractivity contribution is -0.129. The molecule has 0 radical (unpaired) electrons. The Morgan fingerprint density at radius 3 is 2.39 bits per heavy atom. The van der Waals surface area contributed by atoms with Crippen molar-refractivity contribution < 1.29 is 18.3 Å². The molecule has 23 heavy (non-hydrogen) atoms. The number of aliphatic imine (C=N–C) groups is 1. The van der Waals surface area contributed by atoms with Gasteiger partial charge >= 0.3 is 5.97 Å². The first-order chi connectivity index (χ1) is 11.1. The van der Waals surface area contributed by atoms with E-state index in [0.29, 0.717) is 27.8 Å². The van der Waals surface area contributed by atoms with Gasteiger partial charge in [-0.3, -0.25) is 0 Å². The van der Waals surface area contributed by atoms with Crippen LogP contribution in [0.4, 0.5) is 8.78 Å². The van der Waals surface area contributed by atoms with Crippen molar-refractivity contribution in [2.45, 2.75) is 10.7 Å². The average molecular weight is 331 g/mol. The Kier molecular flexibility index (Phi) is 4.52. The van der Waals surface area contributed by atoms with E-state index >= 15 is 0 Å². The third-order valence-corrected chi connectivity index (χ3v) is 3.77. The highest BCUT2D eigenvalue weighted by Gasteiger charge is 2.23. The molecule has 1 aliphatic rings. The van der Waals surface area contributed by atoms with E-state index in [1.54, 1.807) is 42.5 Å². The zero-order chi connectivity index (χ0) is 16.2. The molecule has 0 saturated carbocycles. The predicted octanol–water partition coefficient (Wildman–Crippen LogP) is 4.35. The van der Waals surface area contributed by atoms with Gasteiger partial charge in [0.25, 0.3) is 5.76 Å². The third-order valence-electron chi connectivity index (χ3n) is 3.05. The fourth-order valence-corrected chi connectivity index (χ4v) is 2.52. The van der Waals surface area contributed by atoms with Crippen LogP contribution in [0, 0.1) is 0 Å². The highest BCUT2D eigenvalue weighted by atomic mass is 32.2. The average Bonchev–Trinajstić information content (AvgIpc) is 2.91. The van der Waals surface area contributed by atoms with Crippen LogP contribution in [0.15, 0.2) is 70.2 Å². The first kappa shape index (κ1) is 15.4. The molecular weight excluding hydrogens is 320 g/mol. The number of benzene rings is 2. The van der Waals surface area contributed by atoms with Crippen molar-refractivity contribution in [2.24, 2.45) is 4.99 Å². The molecule has 3 nitrogen and oxygen atoms in total. The molecule has 0 bridgehead atoms. The van der Waals surface area contributed by atoms with Gasteiger partial charge in [0.15, 0.2) is 5.70 Å². The number of carbonyl (C=O) groups is 1. The molecule has 0 spiro atoms. The summed E-state index contributed by atoms with van der Waals surface area (Å²) in [6.45, 7) is 0. The van der Waals surface area contributed by atoms with Gasteiger partial charge in [-0.2, -0.15) is 8.78 Å². The maximum absolute atomic E-state index is 12.3. The van der Waals surface area contributed by atoms with E-state index in [1.807, 2.05) is 18.2 Å². The van der Waals surface area contributed by atoms with Crippen LogP contribution >= 0.6 is 11.8 Å². The second-order valence-electron chi connectivity index (χ2n) is 4.65. The van der Waals surface area contributed by atoms with Crippen LogP contribution in [0.2, 0.25) is 0 Å². The molecule has 0 aromatic heterocycles. The van der Waals surface area contributed by atoms with E-state index in [9.17, 15) is 13.6 Å². The molecule has 0 aliphatic carbocycles. The van der Waals surface area contributed by atoms with Crippen LogP contribution in [0.1, 0.15) is 11.1 Å². The molecular formula is C17H11F2NO2S. The van der Waals surface area contributed by atoms with Crippen LogP contribution in [0.3, 0.4) is 0 Å². The van der Waals surface area contributed by atoms with Gasteiger partial charge in [0, 0.05) is 10.5 Å². The van der Waals surface area contributed by atoms with Gasteiger partial charge in [-0.25, -0.2) is 9.79 Å². The Hall–Kier alpha value is -2.47. The first-order valence-corrected chi connectivity index (χ1v) is 7.62. The minimum absolute atomic E-state index is 0.179. The summed E-state index contributed by atoms with van der Waals surface area (Å²) < 4.78 is 29.7. The van der Waals surface area contributed by atoms with Crippen LogP contribution in [0.25, 0.3) is 6.08 Å². The molecule has 1 aliphatic heterocycles. The van der Waals surface area contributed by atoms with Crippen LogP contribution < -0.4 is 0 Å². The second-order valence-corrected chi connectivity index (χ2v) is 5.71. The van der Waals surface area contributed by atoms with Gasteiger partial charge in [-0.15, -0.1) is 0 Å². The summed E-state index contributed by atoms with van der Waals surface area (Å²) >= 11 is 0.475. The standard InChI is InChI=1S/C17H11F2NO2S/c18-17(19)23-13-8-6-11(7-9-13)10-14-16(21)22-15(20-14)12-4-2-1-3-5-12/h1-10,17H. The first-order valence-electron chi connectivity index (χ1n) is 6.75. The monoisotopic (exact) mass is 331 g/mol. The van der Waals surface area contributed by atoms with Crippen molar-refractivity contribution in [3.8, 4) is 0 Å². The number of rotatable bonds is 4. The molecule has 0 N–H and O–H groups in total. The minimum Gasteiger partial charge on any atom is -0.402 e. The summed E-state index contributed by atoms with van der Waals surface area (Å²) in [5.41, 5.74) is 1.58. The van der Waals surface area contributed by atoms with Gasteiger partial charge in [0.2, 0.25) is 5.90 Å². The maximum atomic E-state index is 12.3. The molecule has 0 amide bonds. The number of ether oxygens (including phenoxy) is 1. The van der Waals surface area contributed by atoms with Crippen LogP contribution in [0.5, 0.6) is 0 Å². The van der Waals surface area contributed by atoms with Crippen molar-refractivity contribution in [1.82, 2.24) is 0 Å². The van der Waals surface area contributed by atoms with E-state index in [1.165, 1.54) is 0 Å². The maximum Gasteiger partial charge on any atom is 0.363 e. The van der Waals surface area contributed by atoms with Crippen molar-refractivity contribution in [2.75, 3.05) is 0 Å². The lowest BCUT2D eigenvalue weighted by atomic mass is 10.2. The summed E-state index contributed by atoms with van der Waals surface area (Å²) in [7, 11) is 0. The molecule has 0 saturated heterocycles. The van der Waals surface area contributed by atoms with Crippen LogP contribution in [-0.2, 0) is 9.53 Å². The number of cyclic esters (lactones) is 1. The van der Waals surface area contributed by atoms with Crippen molar-refractivity contribution in [3.63, 3.8) is 0 Å². The summed E-state index contributed by atoms with van der Waals surface area (Å²) in [4.78, 5) is 16.5. The van der Waals surface area contributed by atoms with Crippen molar-refractivity contribution in [3.05, 3.63) is 71.4 Å². The molecule has 2 aromatic rings. The minimum atomic E-state index is -2.46. The molecule has 3 rings (SSSR count). The second kappa shape index (κ2) is 6.75. The smallest absolute Gasteiger partial charge is 0.363 e. The number of halogens is 2. The van der Waals surface area contributed by atoms with Gasteiger partial charge in [-0.05, 0) is 35.9 Å². The fourth-order valence-electron chi connectivity index (χ4n) is 2.02. The Morgan fingerprint density at radius 1 is 1.04 bits per heavy atom. The third kappa shape index (κ3) is 3.84. The van der Waals surface area contributed by atoms with E-state index in [0.717, 1.165) is 0 Å². The number of thioether (sulfide) groups is 1. The lowest BCUT2D eigenvalue weighted by Crippen LogP contribution is -2.04. The molecule has 6 heteroatoms. The summed E-state index contributed by atoms with van der Waals surface area (Å²) in [6.07, 6.45) is 1.56.